The molecule has 0 saturated heterocycles. The maximum atomic E-state index is 5.28. The second-order valence-corrected chi connectivity index (χ2v) is 5.12. The van der Waals surface area contributed by atoms with E-state index in [2.05, 4.69) is 10.3 Å². The van der Waals surface area contributed by atoms with E-state index in [-0.39, 0.29) is 0 Å². The summed E-state index contributed by atoms with van der Waals surface area (Å²) in [6.07, 6.45) is 4.03. The molecular weight excluding hydrogens is 274 g/mol. The van der Waals surface area contributed by atoms with E-state index >= 15 is 0 Å². The lowest BCUT2D eigenvalue weighted by Gasteiger charge is -2.10. The van der Waals surface area contributed by atoms with Gasteiger partial charge in [-0.25, -0.2) is 4.98 Å². The average molecular weight is 289 g/mol. The highest BCUT2D eigenvalue weighted by Gasteiger charge is 2.06. The molecule has 2 heterocycles. The van der Waals surface area contributed by atoms with Crippen LogP contribution in [0.3, 0.4) is 0 Å². The van der Waals surface area contributed by atoms with E-state index in [1.807, 2.05) is 40.4 Å². The second-order valence-electron chi connectivity index (χ2n) is 4.25. The van der Waals surface area contributed by atoms with Crippen LogP contribution in [0, 0.1) is 0 Å². The Morgan fingerprint density at radius 1 is 1.25 bits per heavy atom. The van der Waals surface area contributed by atoms with Crippen molar-refractivity contribution in [2.45, 2.75) is 6.54 Å². The van der Waals surface area contributed by atoms with Gasteiger partial charge in [0.2, 0.25) is 0 Å². The molecule has 0 atom stereocenters. The zero-order chi connectivity index (χ0) is 13.9. The summed E-state index contributed by atoms with van der Waals surface area (Å²) >= 11 is 1.63. The Hall–Kier alpha value is -2.21. The van der Waals surface area contributed by atoms with Gasteiger partial charge in [-0.1, -0.05) is 0 Å². The molecule has 2 aromatic heterocycles. The van der Waals surface area contributed by atoms with Crippen molar-refractivity contribution < 1.29 is 9.47 Å². The number of hydrogen-bond donors (Lipinski definition) is 1. The fraction of sp³-hybridized carbons (Fsp3) is 0.214. The summed E-state index contributed by atoms with van der Waals surface area (Å²) in [5, 5.41) is 5.35. The molecule has 0 spiro atoms. The van der Waals surface area contributed by atoms with Crippen molar-refractivity contribution in [3.8, 4) is 11.5 Å². The molecule has 3 rings (SSSR count). The maximum absolute atomic E-state index is 5.28. The minimum Gasteiger partial charge on any atom is -0.493 e. The highest BCUT2D eigenvalue weighted by atomic mass is 32.1. The first kappa shape index (κ1) is 12.8. The minimum absolute atomic E-state index is 0.671. The SMILES string of the molecule is COc1ccc(NCc2cn3ccsc3n2)cc1OC. The lowest BCUT2D eigenvalue weighted by molar-refractivity contribution is 0.355. The first-order valence-electron chi connectivity index (χ1n) is 6.17. The van der Waals surface area contributed by atoms with Gasteiger partial charge in [-0.3, -0.25) is 4.40 Å². The molecule has 0 aliphatic heterocycles. The van der Waals surface area contributed by atoms with Gasteiger partial charge in [-0.05, 0) is 12.1 Å². The zero-order valence-electron chi connectivity index (χ0n) is 11.3. The van der Waals surface area contributed by atoms with Crippen LogP contribution in [0.2, 0.25) is 0 Å². The van der Waals surface area contributed by atoms with Gasteiger partial charge in [-0.2, -0.15) is 0 Å². The van der Waals surface area contributed by atoms with Crippen LogP contribution in [-0.4, -0.2) is 23.6 Å². The molecule has 0 amide bonds. The molecule has 0 radical (unpaired) electrons. The number of ether oxygens (including phenoxy) is 2. The van der Waals surface area contributed by atoms with Crippen molar-refractivity contribution in [2.75, 3.05) is 19.5 Å². The number of thiazole rings is 1. The molecule has 0 bridgehead atoms. The maximum Gasteiger partial charge on any atom is 0.193 e. The second kappa shape index (κ2) is 5.42. The zero-order valence-corrected chi connectivity index (χ0v) is 12.1. The Morgan fingerprint density at radius 3 is 2.85 bits per heavy atom. The molecule has 6 heteroatoms. The largest absolute Gasteiger partial charge is 0.493 e. The summed E-state index contributed by atoms with van der Waals surface area (Å²) in [6.45, 7) is 0.671. The summed E-state index contributed by atoms with van der Waals surface area (Å²) in [5.74, 6) is 1.43. The van der Waals surface area contributed by atoms with E-state index in [9.17, 15) is 0 Å². The van der Waals surface area contributed by atoms with E-state index < -0.39 is 0 Å². The summed E-state index contributed by atoms with van der Waals surface area (Å²) in [6, 6.07) is 5.75. The Morgan fingerprint density at radius 2 is 2.10 bits per heavy atom. The van der Waals surface area contributed by atoms with Crippen molar-refractivity contribution in [2.24, 2.45) is 0 Å². The highest BCUT2D eigenvalue weighted by Crippen LogP contribution is 2.29. The molecule has 104 valence electrons. The molecule has 0 aliphatic carbocycles. The number of methoxy groups -OCH3 is 2. The smallest absolute Gasteiger partial charge is 0.193 e. The molecule has 1 N–H and O–H groups in total. The molecule has 1 aromatic carbocycles. The van der Waals surface area contributed by atoms with Gasteiger partial charge in [0.25, 0.3) is 0 Å². The number of rotatable bonds is 5. The van der Waals surface area contributed by atoms with Crippen LogP contribution in [0.4, 0.5) is 5.69 Å². The number of nitrogens with zero attached hydrogens (tertiary/aromatic N) is 2. The molecular formula is C14H15N3O2S. The third-order valence-corrected chi connectivity index (χ3v) is 3.77. The topological polar surface area (TPSA) is 47.8 Å². The van der Waals surface area contributed by atoms with Crippen molar-refractivity contribution >= 4 is 22.0 Å². The third-order valence-electron chi connectivity index (χ3n) is 3.00. The summed E-state index contributed by atoms with van der Waals surface area (Å²) < 4.78 is 12.5. The number of hydrogen-bond acceptors (Lipinski definition) is 5. The normalized spacial score (nSPS) is 10.7. The molecule has 0 unspecified atom stereocenters. The standard InChI is InChI=1S/C14H15N3O2S/c1-18-12-4-3-10(7-13(12)19-2)15-8-11-9-17-5-6-20-14(17)16-11/h3-7,9,15H,8H2,1-2H3. The van der Waals surface area contributed by atoms with Gasteiger partial charge >= 0.3 is 0 Å². The predicted octanol–water partition coefficient (Wildman–Crippen LogP) is 3.03. The lowest BCUT2D eigenvalue weighted by Crippen LogP contribution is -2.00. The monoisotopic (exact) mass is 289 g/mol. The quantitative estimate of drug-likeness (QED) is 0.784. The highest BCUT2D eigenvalue weighted by molar-refractivity contribution is 7.15. The average Bonchev–Trinajstić information content (AvgIpc) is 3.05. The number of benzene rings is 1. The number of anilines is 1. The van der Waals surface area contributed by atoms with Gasteiger partial charge in [0, 0.05) is 29.5 Å². The van der Waals surface area contributed by atoms with Crippen LogP contribution in [0.1, 0.15) is 5.69 Å². The molecule has 20 heavy (non-hydrogen) atoms. The van der Waals surface area contributed by atoms with Gasteiger partial charge in [-0.15, -0.1) is 11.3 Å². The van der Waals surface area contributed by atoms with Gasteiger partial charge < -0.3 is 14.8 Å². The third kappa shape index (κ3) is 2.42. The number of imidazole rings is 1. The Bertz CT molecular complexity index is 692. The fourth-order valence-corrected chi connectivity index (χ4v) is 2.72. The van der Waals surface area contributed by atoms with E-state index in [1.54, 1.807) is 25.6 Å². The van der Waals surface area contributed by atoms with Crippen molar-refractivity contribution in [3.63, 3.8) is 0 Å². The number of nitrogens with one attached hydrogen (secondary N) is 1. The molecule has 5 nitrogen and oxygen atoms in total. The predicted molar refractivity (Wildman–Crippen MR) is 79.9 cm³/mol. The fourth-order valence-electron chi connectivity index (χ4n) is 2.00. The lowest BCUT2D eigenvalue weighted by atomic mass is 10.2. The van der Waals surface area contributed by atoms with Crippen LogP contribution in [0.25, 0.3) is 4.96 Å². The summed E-state index contributed by atoms with van der Waals surface area (Å²) in [4.78, 5) is 5.54. The minimum atomic E-state index is 0.671. The molecule has 0 saturated carbocycles. The first-order chi connectivity index (χ1) is 9.80. The molecule has 3 aromatic rings. The van der Waals surface area contributed by atoms with Crippen molar-refractivity contribution in [3.05, 3.63) is 41.7 Å². The first-order valence-corrected chi connectivity index (χ1v) is 7.05. The Labute approximate surface area is 120 Å². The Kier molecular flexibility index (Phi) is 3.47. The van der Waals surface area contributed by atoms with Crippen LogP contribution < -0.4 is 14.8 Å². The molecule has 0 aliphatic rings. The summed E-state index contributed by atoms with van der Waals surface area (Å²) in [7, 11) is 3.26. The van der Waals surface area contributed by atoms with E-state index in [0.717, 1.165) is 22.1 Å². The van der Waals surface area contributed by atoms with E-state index in [0.29, 0.717) is 12.3 Å². The van der Waals surface area contributed by atoms with Gasteiger partial charge in [0.05, 0.1) is 26.5 Å². The van der Waals surface area contributed by atoms with Crippen LogP contribution in [0.15, 0.2) is 36.0 Å². The van der Waals surface area contributed by atoms with Crippen LogP contribution >= 0.6 is 11.3 Å². The number of aromatic nitrogens is 2. The van der Waals surface area contributed by atoms with Crippen LogP contribution in [-0.2, 0) is 6.54 Å². The van der Waals surface area contributed by atoms with E-state index in [4.69, 9.17) is 9.47 Å². The number of fused-ring (bicyclic) bond motifs is 1. The summed E-state index contributed by atoms with van der Waals surface area (Å²) in [5.41, 5.74) is 1.98. The van der Waals surface area contributed by atoms with Crippen molar-refractivity contribution in [1.82, 2.24) is 9.38 Å². The molecule has 0 fully saturated rings. The van der Waals surface area contributed by atoms with Gasteiger partial charge in [0.1, 0.15) is 0 Å². The van der Waals surface area contributed by atoms with Gasteiger partial charge in [0.15, 0.2) is 16.5 Å². The van der Waals surface area contributed by atoms with Crippen LogP contribution in [0.5, 0.6) is 11.5 Å². The van der Waals surface area contributed by atoms with E-state index in [1.165, 1.54) is 0 Å². The Balaban J connectivity index is 1.73. The van der Waals surface area contributed by atoms with Crippen molar-refractivity contribution in [1.29, 1.82) is 0 Å².